The Labute approximate surface area is 156 Å². The third-order valence-corrected chi connectivity index (χ3v) is 24.2. The van der Waals surface area contributed by atoms with Crippen LogP contribution in [0.1, 0.15) is 9.75 Å². The van der Waals surface area contributed by atoms with E-state index in [0.717, 1.165) is 22.7 Å². The molecule has 2 aromatic heterocycles. The molecule has 2 aromatic rings. The van der Waals surface area contributed by atoms with Crippen molar-refractivity contribution in [3.63, 3.8) is 0 Å². The Kier molecular flexibility index (Phi) is 6.25. The van der Waals surface area contributed by atoms with Gasteiger partial charge in [-0.2, -0.15) is 0 Å². The molecule has 0 spiro atoms. The topological polar surface area (TPSA) is 0 Å². The second-order valence-corrected chi connectivity index (χ2v) is 40.4. The molecule has 24 heavy (non-hydrogen) atoms. The van der Waals surface area contributed by atoms with Gasteiger partial charge >= 0.3 is 158 Å². The molecule has 0 saturated carbocycles. The summed E-state index contributed by atoms with van der Waals surface area (Å²) in [4.78, 5) is 12.3. The van der Waals surface area contributed by atoms with Gasteiger partial charge in [-0.05, 0) is 0 Å². The maximum absolute atomic E-state index is 14.1. The van der Waals surface area contributed by atoms with Gasteiger partial charge in [0, 0.05) is 0 Å². The van der Waals surface area contributed by atoms with Crippen LogP contribution in [0.5, 0.6) is 0 Å². The number of thiophene rings is 2. The summed E-state index contributed by atoms with van der Waals surface area (Å²) in [6.07, 6.45) is 2.72. The third kappa shape index (κ3) is 4.23. The first-order chi connectivity index (χ1) is 10.8. The molecule has 132 valence electrons. The molecule has 0 atom stereocenters. The molecule has 0 aromatic carbocycles. The van der Waals surface area contributed by atoms with Crippen molar-refractivity contribution in [3.8, 4) is 0 Å². The molecular formula is C16H20F4S2Sn2. The molecule has 0 unspecified atom stereocenters. The predicted molar refractivity (Wildman–Crippen MR) is 103 cm³/mol. The summed E-state index contributed by atoms with van der Waals surface area (Å²) in [5.41, 5.74) is 0. The van der Waals surface area contributed by atoms with E-state index >= 15 is 0 Å². The van der Waals surface area contributed by atoms with Gasteiger partial charge in [0.25, 0.3) is 0 Å². The average molecular weight is 590 g/mol. The Morgan fingerprint density at radius 3 is 1.08 bits per heavy atom. The predicted octanol–water partition coefficient (Wildman–Crippen LogP) is 5.63. The molecule has 8 heteroatoms. The van der Waals surface area contributed by atoms with E-state index < -0.39 is 60.0 Å². The molecule has 0 nitrogen and oxygen atoms in total. The van der Waals surface area contributed by atoms with Crippen LogP contribution in [-0.2, 0) is 0 Å². The summed E-state index contributed by atoms with van der Waals surface area (Å²) < 4.78 is 57.4. The average Bonchev–Trinajstić information content (AvgIpc) is 2.88. The van der Waals surface area contributed by atoms with E-state index in [2.05, 4.69) is 0 Å². The molecule has 0 fully saturated rings. The fraction of sp³-hybridized carbons (Fsp3) is 0.375. The van der Waals surface area contributed by atoms with Crippen molar-refractivity contribution < 1.29 is 17.6 Å². The van der Waals surface area contributed by atoms with Crippen LogP contribution in [0, 0.1) is 23.3 Å². The van der Waals surface area contributed by atoms with Crippen molar-refractivity contribution in [2.45, 2.75) is 29.6 Å². The standard InChI is InChI=1S/C10H2F4S2.6CH3.2Sn/c11-5-3-15-7(9(5)13)1-2-8-10(14)6(12)4-16-8;;;;;;;;/h1-2H;6*1H3;;. The Balaban J connectivity index is 2.43. The molecule has 0 saturated heterocycles. The Morgan fingerprint density at radius 1 is 0.583 bits per heavy atom. The van der Waals surface area contributed by atoms with Crippen molar-refractivity contribution in [2.75, 3.05) is 0 Å². The van der Waals surface area contributed by atoms with Crippen molar-refractivity contribution in [3.05, 3.63) is 33.0 Å². The van der Waals surface area contributed by atoms with Crippen molar-refractivity contribution in [1.29, 1.82) is 0 Å². The molecule has 0 aliphatic heterocycles. The normalized spacial score (nSPS) is 13.2. The Morgan fingerprint density at radius 2 is 0.875 bits per heavy atom. The first-order valence-corrected chi connectivity index (χ1v) is 29.1. The molecule has 2 rings (SSSR count). The zero-order valence-electron chi connectivity index (χ0n) is 14.5. The zero-order valence-corrected chi connectivity index (χ0v) is 21.8. The molecular weight excluding hydrogens is 570 g/mol. The van der Waals surface area contributed by atoms with Gasteiger partial charge in [0.15, 0.2) is 0 Å². The van der Waals surface area contributed by atoms with Gasteiger partial charge in [-0.3, -0.25) is 0 Å². The Hall–Kier alpha value is 0.457. The molecule has 0 radical (unpaired) electrons. The van der Waals surface area contributed by atoms with E-state index in [0.29, 0.717) is 5.79 Å². The Bertz CT molecular complexity index is 726. The summed E-state index contributed by atoms with van der Waals surface area (Å²) >= 11 is -3.30. The maximum atomic E-state index is 14.1. The van der Waals surface area contributed by atoms with Crippen LogP contribution in [0.25, 0.3) is 12.2 Å². The van der Waals surface area contributed by atoms with E-state index in [1.165, 1.54) is 12.2 Å². The van der Waals surface area contributed by atoms with Gasteiger partial charge < -0.3 is 0 Å². The number of rotatable bonds is 4. The minimum atomic E-state index is -2.74. The molecule has 0 bridgehead atoms. The van der Waals surface area contributed by atoms with Crippen molar-refractivity contribution in [2.24, 2.45) is 0 Å². The van der Waals surface area contributed by atoms with E-state index in [1.54, 1.807) is 0 Å². The van der Waals surface area contributed by atoms with Crippen molar-refractivity contribution >= 4 is 77.4 Å². The van der Waals surface area contributed by atoms with Gasteiger partial charge in [-0.15, -0.1) is 0 Å². The van der Waals surface area contributed by atoms with E-state index in [-0.39, 0.29) is 9.75 Å². The third-order valence-electron chi connectivity index (χ3n) is 3.39. The van der Waals surface area contributed by atoms with Crippen LogP contribution in [0.2, 0.25) is 29.6 Å². The van der Waals surface area contributed by atoms with E-state index in [4.69, 9.17) is 0 Å². The first-order valence-electron chi connectivity index (χ1n) is 7.48. The SMILES string of the molecule is [CH3][Sn]([CH3])([CH3])[c]1sc(C=Cc2s[c]([Sn]([CH3])([CH3])[CH3])c(F)c2F)c(F)c1F. The second-order valence-electron chi connectivity index (χ2n) is 7.68. The van der Waals surface area contributed by atoms with Crippen LogP contribution in [0.15, 0.2) is 0 Å². The van der Waals surface area contributed by atoms with Gasteiger partial charge in [-0.1, -0.05) is 0 Å². The summed E-state index contributed by atoms with van der Waals surface area (Å²) in [6.45, 7) is 0. The monoisotopic (exact) mass is 592 g/mol. The molecule has 2 heterocycles. The summed E-state index contributed by atoms with van der Waals surface area (Å²) in [7, 11) is 0. The first kappa shape index (κ1) is 20.8. The van der Waals surface area contributed by atoms with Crippen LogP contribution in [-0.4, -0.2) is 36.8 Å². The zero-order chi connectivity index (χ0) is 18.4. The van der Waals surface area contributed by atoms with Gasteiger partial charge in [0.2, 0.25) is 0 Å². The van der Waals surface area contributed by atoms with Crippen LogP contribution in [0.3, 0.4) is 0 Å². The number of hydrogen-bond acceptors (Lipinski definition) is 2. The van der Waals surface area contributed by atoms with E-state index in [1.807, 2.05) is 29.6 Å². The molecule has 0 aliphatic carbocycles. The molecule has 0 amide bonds. The number of hydrogen-bond donors (Lipinski definition) is 0. The summed E-state index contributed by atoms with van der Waals surface area (Å²) in [5, 5.41) is 0. The van der Waals surface area contributed by atoms with Crippen molar-refractivity contribution in [1.82, 2.24) is 0 Å². The minimum absolute atomic E-state index is 0.142. The van der Waals surface area contributed by atoms with Crippen LogP contribution in [0.4, 0.5) is 17.6 Å². The van der Waals surface area contributed by atoms with Gasteiger partial charge in [0.05, 0.1) is 0 Å². The fourth-order valence-corrected chi connectivity index (χ4v) is 15.7. The molecule has 0 aliphatic rings. The molecule has 0 N–H and O–H groups in total. The second kappa shape index (κ2) is 7.23. The van der Waals surface area contributed by atoms with Gasteiger partial charge in [0.1, 0.15) is 0 Å². The van der Waals surface area contributed by atoms with Gasteiger partial charge in [-0.25, -0.2) is 0 Å². The summed E-state index contributed by atoms with van der Waals surface area (Å²) in [6, 6.07) is 0. The fourth-order valence-electron chi connectivity index (χ4n) is 2.15. The quantitative estimate of drug-likeness (QED) is 0.321. The van der Waals surface area contributed by atoms with Crippen LogP contribution < -0.4 is 5.79 Å². The van der Waals surface area contributed by atoms with Crippen LogP contribution >= 0.6 is 22.7 Å². The van der Waals surface area contributed by atoms with E-state index in [9.17, 15) is 17.6 Å². The number of halogens is 4. The summed E-state index contributed by atoms with van der Waals surface area (Å²) in [5.74, 6) is -3.31.